The molecule has 0 bridgehead atoms. The van der Waals surface area contributed by atoms with Crippen molar-refractivity contribution < 1.29 is 4.79 Å². The van der Waals surface area contributed by atoms with E-state index in [4.69, 9.17) is 23.2 Å². The van der Waals surface area contributed by atoms with E-state index in [1.807, 2.05) is 6.92 Å². The lowest BCUT2D eigenvalue weighted by molar-refractivity contribution is 0.0992. The standard InChI is InChI=1S/C14H12Cl2N4OS/c1-3-20-7-6-10(18-20)13(21)17-14-19(2)11-8(15)4-5-9(16)12(11)22-14/h4-7H,3H2,1-2H3. The summed E-state index contributed by atoms with van der Waals surface area (Å²) < 4.78 is 4.26. The number of aryl methyl sites for hydroxylation is 2. The number of thiazole rings is 1. The molecule has 0 unspecified atom stereocenters. The Labute approximate surface area is 140 Å². The van der Waals surface area contributed by atoms with Crippen LogP contribution < -0.4 is 4.80 Å². The molecule has 1 amide bonds. The highest BCUT2D eigenvalue weighted by molar-refractivity contribution is 7.17. The van der Waals surface area contributed by atoms with Crippen LogP contribution in [-0.4, -0.2) is 20.3 Å². The van der Waals surface area contributed by atoms with Gasteiger partial charge in [0.15, 0.2) is 10.5 Å². The Hall–Kier alpha value is -1.63. The Morgan fingerprint density at radius 3 is 2.68 bits per heavy atom. The predicted octanol–water partition coefficient (Wildman–Crippen LogP) is 3.50. The van der Waals surface area contributed by atoms with E-state index in [0.717, 1.165) is 10.2 Å². The van der Waals surface area contributed by atoms with Crippen LogP contribution in [-0.2, 0) is 13.6 Å². The summed E-state index contributed by atoms with van der Waals surface area (Å²) in [5, 5.41) is 5.32. The van der Waals surface area contributed by atoms with E-state index in [1.165, 1.54) is 11.3 Å². The molecule has 3 rings (SSSR count). The number of hydrogen-bond donors (Lipinski definition) is 0. The van der Waals surface area contributed by atoms with Gasteiger partial charge in [-0.3, -0.25) is 9.48 Å². The Kier molecular flexibility index (Phi) is 4.08. The number of amides is 1. The highest BCUT2D eigenvalue weighted by atomic mass is 35.5. The van der Waals surface area contributed by atoms with Crippen LogP contribution in [0.4, 0.5) is 0 Å². The van der Waals surface area contributed by atoms with Gasteiger partial charge in [-0.1, -0.05) is 34.5 Å². The maximum Gasteiger partial charge on any atom is 0.300 e. The smallest absolute Gasteiger partial charge is 0.300 e. The van der Waals surface area contributed by atoms with Gasteiger partial charge in [0.1, 0.15) is 0 Å². The number of fused-ring (bicyclic) bond motifs is 1. The zero-order valence-electron chi connectivity index (χ0n) is 11.9. The molecule has 2 heterocycles. The van der Waals surface area contributed by atoms with Crippen molar-refractivity contribution in [3.05, 3.63) is 44.9 Å². The largest absolute Gasteiger partial charge is 0.318 e. The summed E-state index contributed by atoms with van der Waals surface area (Å²) in [5.74, 6) is -0.387. The van der Waals surface area contributed by atoms with Gasteiger partial charge in [0, 0.05) is 19.8 Å². The van der Waals surface area contributed by atoms with Crippen LogP contribution in [0.1, 0.15) is 17.4 Å². The van der Waals surface area contributed by atoms with Crippen molar-refractivity contribution in [2.75, 3.05) is 0 Å². The average Bonchev–Trinajstić information content (AvgIpc) is 3.09. The molecular weight excluding hydrogens is 343 g/mol. The van der Waals surface area contributed by atoms with Gasteiger partial charge in [-0.15, -0.1) is 0 Å². The van der Waals surface area contributed by atoms with Gasteiger partial charge in [0.2, 0.25) is 0 Å². The van der Waals surface area contributed by atoms with Crippen molar-refractivity contribution in [3.8, 4) is 0 Å². The molecule has 0 aliphatic carbocycles. The molecule has 8 heteroatoms. The molecule has 0 saturated heterocycles. The quantitative estimate of drug-likeness (QED) is 0.706. The van der Waals surface area contributed by atoms with Crippen molar-refractivity contribution in [1.29, 1.82) is 0 Å². The lowest BCUT2D eigenvalue weighted by Crippen LogP contribution is -2.13. The number of aromatic nitrogens is 3. The third-order valence-electron chi connectivity index (χ3n) is 3.23. The van der Waals surface area contributed by atoms with Gasteiger partial charge >= 0.3 is 0 Å². The average molecular weight is 355 g/mol. The zero-order chi connectivity index (χ0) is 15.9. The van der Waals surface area contributed by atoms with Gasteiger partial charge in [-0.25, -0.2) is 0 Å². The second-order valence-electron chi connectivity index (χ2n) is 4.62. The number of carbonyl (C=O) groups is 1. The Balaban J connectivity index is 2.13. The number of rotatable bonds is 2. The Morgan fingerprint density at radius 1 is 1.32 bits per heavy atom. The summed E-state index contributed by atoms with van der Waals surface area (Å²) in [7, 11) is 1.80. The van der Waals surface area contributed by atoms with Crippen LogP contribution in [0.15, 0.2) is 29.4 Å². The van der Waals surface area contributed by atoms with Gasteiger partial charge in [-0.2, -0.15) is 10.1 Å². The van der Waals surface area contributed by atoms with E-state index in [9.17, 15) is 4.79 Å². The van der Waals surface area contributed by atoms with Crippen molar-refractivity contribution >= 4 is 50.7 Å². The van der Waals surface area contributed by atoms with Crippen molar-refractivity contribution in [3.63, 3.8) is 0 Å². The lowest BCUT2D eigenvalue weighted by atomic mass is 10.3. The summed E-state index contributed by atoms with van der Waals surface area (Å²) in [4.78, 5) is 16.9. The molecule has 0 saturated carbocycles. The third kappa shape index (κ3) is 2.58. The first-order valence-electron chi connectivity index (χ1n) is 6.57. The van der Waals surface area contributed by atoms with E-state index in [1.54, 1.807) is 40.7 Å². The first-order valence-corrected chi connectivity index (χ1v) is 8.14. The lowest BCUT2D eigenvalue weighted by Gasteiger charge is -1.99. The molecule has 0 spiro atoms. The van der Waals surface area contributed by atoms with E-state index >= 15 is 0 Å². The van der Waals surface area contributed by atoms with Crippen LogP contribution >= 0.6 is 34.5 Å². The van der Waals surface area contributed by atoms with Gasteiger partial charge < -0.3 is 4.57 Å². The second-order valence-corrected chi connectivity index (χ2v) is 6.42. The Bertz CT molecular complexity index is 938. The molecule has 114 valence electrons. The van der Waals surface area contributed by atoms with Gasteiger partial charge in [0.05, 0.1) is 20.3 Å². The first-order chi connectivity index (χ1) is 10.5. The van der Waals surface area contributed by atoms with Crippen molar-refractivity contribution in [2.45, 2.75) is 13.5 Å². The van der Waals surface area contributed by atoms with Crippen LogP contribution in [0, 0.1) is 0 Å². The SMILES string of the molecule is CCn1ccc(C(=O)N=c2sc3c(Cl)ccc(Cl)c3n2C)n1. The third-order valence-corrected chi connectivity index (χ3v) is 5.13. The molecule has 0 fully saturated rings. The highest BCUT2D eigenvalue weighted by Gasteiger charge is 2.13. The maximum atomic E-state index is 12.2. The number of hydrogen-bond acceptors (Lipinski definition) is 3. The van der Waals surface area contributed by atoms with Crippen LogP contribution in [0.25, 0.3) is 10.2 Å². The molecule has 0 aliphatic rings. The van der Waals surface area contributed by atoms with Crippen LogP contribution in [0.5, 0.6) is 0 Å². The molecule has 3 aromatic rings. The first kappa shape index (κ1) is 15.3. The maximum absolute atomic E-state index is 12.2. The molecule has 0 N–H and O–H groups in total. The summed E-state index contributed by atoms with van der Waals surface area (Å²) >= 11 is 13.7. The normalized spacial score (nSPS) is 12.3. The van der Waals surface area contributed by atoms with Crippen molar-refractivity contribution in [1.82, 2.24) is 14.3 Å². The minimum atomic E-state index is -0.387. The van der Waals surface area contributed by atoms with E-state index in [2.05, 4.69) is 10.1 Å². The van der Waals surface area contributed by atoms with E-state index in [-0.39, 0.29) is 5.91 Å². The molecule has 1 aromatic carbocycles. The van der Waals surface area contributed by atoms with E-state index in [0.29, 0.717) is 27.1 Å². The summed E-state index contributed by atoms with van der Waals surface area (Å²) in [6.07, 6.45) is 1.75. The molecule has 5 nitrogen and oxygen atoms in total. The predicted molar refractivity (Wildman–Crippen MR) is 88.6 cm³/mol. The minimum Gasteiger partial charge on any atom is -0.318 e. The van der Waals surface area contributed by atoms with E-state index < -0.39 is 0 Å². The summed E-state index contributed by atoms with van der Waals surface area (Å²) in [5.41, 5.74) is 1.08. The molecule has 2 aromatic heterocycles. The zero-order valence-corrected chi connectivity index (χ0v) is 14.2. The number of carbonyl (C=O) groups excluding carboxylic acids is 1. The summed E-state index contributed by atoms with van der Waals surface area (Å²) in [6, 6.07) is 5.12. The molecule has 0 aliphatic heterocycles. The number of halogens is 2. The Morgan fingerprint density at radius 2 is 2.05 bits per heavy atom. The molecule has 0 radical (unpaired) electrons. The molecular formula is C14H12Cl2N4OS. The number of benzene rings is 1. The van der Waals surface area contributed by atoms with Crippen LogP contribution in [0.3, 0.4) is 0 Å². The topological polar surface area (TPSA) is 52.2 Å². The van der Waals surface area contributed by atoms with Crippen LogP contribution in [0.2, 0.25) is 10.0 Å². The fourth-order valence-electron chi connectivity index (χ4n) is 2.08. The fourth-order valence-corrected chi connectivity index (χ4v) is 3.74. The van der Waals surface area contributed by atoms with Gasteiger partial charge in [-0.05, 0) is 25.1 Å². The fraction of sp³-hybridized carbons (Fsp3) is 0.214. The minimum absolute atomic E-state index is 0.316. The highest BCUT2D eigenvalue weighted by Crippen LogP contribution is 2.31. The van der Waals surface area contributed by atoms with Crippen molar-refractivity contribution in [2.24, 2.45) is 12.0 Å². The molecule has 0 atom stereocenters. The monoisotopic (exact) mass is 354 g/mol. The number of nitrogens with zero attached hydrogens (tertiary/aromatic N) is 4. The second kappa shape index (κ2) is 5.87. The summed E-state index contributed by atoms with van der Waals surface area (Å²) in [6.45, 7) is 2.66. The molecule has 22 heavy (non-hydrogen) atoms. The van der Waals surface area contributed by atoms with Gasteiger partial charge in [0.25, 0.3) is 5.91 Å².